The average Bonchev–Trinajstić information content (AvgIpc) is 3.15. The zero-order chi connectivity index (χ0) is 18.5. The third-order valence-electron chi connectivity index (χ3n) is 4.70. The van der Waals surface area contributed by atoms with Crippen LogP contribution in [0.3, 0.4) is 0 Å². The predicted octanol–water partition coefficient (Wildman–Crippen LogP) is 4.67. The van der Waals surface area contributed by atoms with Crippen LogP contribution in [0, 0.1) is 0 Å². The number of halogens is 3. The third-order valence-corrected chi connectivity index (χ3v) is 6.07. The highest BCUT2D eigenvalue weighted by molar-refractivity contribution is 7.99. The standard InChI is InChI=1S/C19H24ClN3O2S.2ClH/c1-13(19(24)23-9-7-16(21-2)8-10-23)26-12-18-22-11-17(25-18)14-3-5-15(20)6-4-14;;/h3-6,11,13,16,21H,7-10,12H2,1-2H3;2*1H. The second kappa shape index (κ2) is 11.9. The Morgan fingerprint density at radius 1 is 1.32 bits per heavy atom. The first-order chi connectivity index (χ1) is 12.6. The quantitative estimate of drug-likeness (QED) is 0.670. The number of amides is 1. The van der Waals surface area contributed by atoms with Crippen molar-refractivity contribution < 1.29 is 9.21 Å². The van der Waals surface area contributed by atoms with Gasteiger partial charge in [0.1, 0.15) is 0 Å². The van der Waals surface area contributed by atoms with Crippen molar-refractivity contribution in [2.75, 3.05) is 20.1 Å². The van der Waals surface area contributed by atoms with E-state index in [1.807, 2.05) is 43.1 Å². The number of benzene rings is 1. The maximum absolute atomic E-state index is 12.6. The predicted molar refractivity (Wildman–Crippen MR) is 121 cm³/mol. The highest BCUT2D eigenvalue weighted by Crippen LogP contribution is 2.26. The summed E-state index contributed by atoms with van der Waals surface area (Å²) < 4.78 is 5.81. The van der Waals surface area contributed by atoms with Gasteiger partial charge in [0.05, 0.1) is 17.2 Å². The molecular formula is C19H26Cl3N3O2S. The van der Waals surface area contributed by atoms with Gasteiger partial charge in [-0.05, 0) is 51.1 Å². The zero-order valence-corrected chi connectivity index (χ0v) is 19.1. The van der Waals surface area contributed by atoms with Crippen molar-refractivity contribution in [3.05, 3.63) is 41.4 Å². The summed E-state index contributed by atoms with van der Waals surface area (Å²) in [7, 11) is 1.98. The molecule has 9 heteroatoms. The second-order valence-corrected chi connectivity index (χ2v) is 8.23. The first-order valence-corrected chi connectivity index (χ1v) is 10.3. The number of carbonyl (C=O) groups is 1. The number of nitrogens with one attached hydrogen (secondary N) is 1. The summed E-state index contributed by atoms with van der Waals surface area (Å²) in [5.74, 6) is 2.13. The molecule has 1 fully saturated rings. The van der Waals surface area contributed by atoms with Crippen LogP contribution in [0.5, 0.6) is 0 Å². The number of hydrogen-bond donors (Lipinski definition) is 1. The lowest BCUT2D eigenvalue weighted by atomic mass is 10.1. The fourth-order valence-corrected chi connectivity index (χ4v) is 3.98. The molecule has 1 N–H and O–H groups in total. The molecule has 1 amide bonds. The topological polar surface area (TPSA) is 58.4 Å². The Hall–Kier alpha value is -0.920. The van der Waals surface area contributed by atoms with Crippen molar-refractivity contribution in [3.63, 3.8) is 0 Å². The molecule has 0 radical (unpaired) electrons. The molecule has 0 saturated carbocycles. The van der Waals surface area contributed by atoms with Crippen molar-refractivity contribution in [2.45, 2.75) is 36.8 Å². The summed E-state index contributed by atoms with van der Waals surface area (Å²) in [6.45, 7) is 3.62. The smallest absolute Gasteiger partial charge is 0.235 e. The number of hydrogen-bond acceptors (Lipinski definition) is 5. The Morgan fingerprint density at radius 2 is 1.96 bits per heavy atom. The molecule has 1 aliphatic rings. The number of piperidine rings is 1. The van der Waals surface area contributed by atoms with E-state index in [1.54, 1.807) is 18.0 Å². The monoisotopic (exact) mass is 465 g/mol. The Kier molecular flexibility index (Phi) is 10.7. The maximum atomic E-state index is 12.6. The van der Waals surface area contributed by atoms with E-state index in [0.29, 0.717) is 28.5 Å². The molecule has 1 aromatic carbocycles. The van der Waals surface area contributed by atoms with E-state index >= 15 is 0 Å². The summed E-state index contributed by atoms with van der Waals surface area (Å²) >= 11 is 7.47. The molecule has 1 atom stereocenters. The summed E-state index contributed by atoms with van der Waals surface area (Å²) in [6, 6.07) is 7.99. The van der Waals surface area contributed by atoms with Crippen molar-refractivity contribution in [3.8, 4) is 11.3 Å². The fourth-order valence-electron chi connectivity index (χ4n) is 3.04. The molecule has 0 bridgehead atoms. The molecule has 1 aromatic heterocycles. The fraction of sp³-hybridized carbons (Fsp3) is 0.474. The van der Waals surface area contributed by atoms with E-state index in [-0.39, 0.29) is 36.0 Å². The van der Waals surface area contributed by atoms with Crippen molar-refractivity contribution in [1.82, 2.24) is 15.2 Å². The van der Waals surface area contributed by atoms with Gasteiger partial charge in [-0.25, -0.2) is 4.98 Å². The number of likely N-dealkylation sites (tertiary alicyclic amines) is 1. The minimum absolute atomic E-state index is 0. The Bertz CT molecular complexity index is 734. The van der Waals surface area contributed by atoms with E-state index in [1.165, 1.54) is 0 Å². The van der Waals surface area contributed by atoms with E-state index in [0.717, 1.165) is 31.5 Å². The molecule has 0 aliphatic carbocycles. The first kappa shape index (κ1) is 25.1. The van der Waals surface area contributed by atoms with Crippen LogP contribution in [-0.4, -0.2) is 47.2 Å². The summed E-state index contributed by atoms with van der Waals surface area (Å²) in [4.78, 5) is 18.9. The Balaban J connectivity index is 0.00000196. The lowest BCUT2D eigenvalue weighted by Gasteiger charge is -2.33. The van der Waals surface area contributed by atoms with Gasteiger partial charge in [-0.2, -0.15) is 0 Å². The minimum Gasteiger partial charge on any atom is -0.440 e. The minimum atomic E-state index is -0.105. The molecule has 0 spiro atoms. The van der Waals surface area contributed by atoms with Gasteiger partial charge < -0.3 is 14.6 Å². The van der Waals surface area contributed by atoms with Crippen LogP contribution in [0.4, 0.5) is 0 Å². The maximum Gasteiger partial charge on any atom is 0.235 e. The Labute approximate surface area is 187 Å². The first-order valence-electron chi connectivity index (χ1n) is 8.85. The van der Waals surface area contributed by atoms with Gasteiger partial charge >= 0.3 is 0 Å². The van der Waals surface area contributed by atoms with Crippen LogP contribution in [0.25, 0.3) is 11.3 Å². The van der Waals surface area contributed by atoms with Gasteiger partial charge in [-0.3, -0.25) is 4.79 Å². The summed E-state index contributed by atoms with van der Waals surface area (Å²) in [6.07, 6.45) is 3.75. The molecule has 5 nitrogen and oxygen atoms in total. The van der Waals surface area contributed by atoms with Crippen LogP contribution in [-0.2, 0) is 10.5 Å². The van der Waals surface area contributed by atoms with Crippen LogP contribution in [0.1, 0.15) is 25.7 Å². The Morgan fingerprint density at radius 3 is 2.57 bits per heavy atom. The molecular weight excluding hydrogens is 441 g/mol. The number of aromatic nitrogens is 1. The van der Waals surface area contributed by atoms with Crippen LogP contribution >= 0.6 is 48.2 Å². The van der Waals surface area contributed by atoms with E-state index < -0.39 is 0 Å². The largest absolute Gasteiger partial charge is 0.440 e. The molecule has 2 aromatic rings. The SMILES string of the molecule is CNC1CCN(C(=O)C(C)SCc2ncc(-c3ccc(Cl)cc3)o2)CC1.Cl.Cl. The summed E-state index contributed by atoms with van der Waals surface area (Å²) in [5.41, 5.74) is 0.940. The van der Waals surface area contributed by atoms with Crippen molar-refractivity contribution in [1.29, 1.82) is 0 Å². The number of rotatable bonds is 6. The molecule has 1 aliphatic heterocycles. The lowest BCUT2D eigenvalue weighted by Crippen LogP contribution is -2.46. The van der Waals surface area contributed by atoms with Crippen LogP contribution < -0.4 is 5.32 Å². The highest BCUT2D eigenvalue weighted by Gasteiger charge is 2.25. The molecule has 2 heterocycles. The lowest BCUT2D eigenvalue weighted by molar-refractivity contribution is -0.131. The molecule has 1 unspecified atom stereocenters. The zero-order valence-electron chi connectivity index (χ0n) is 15.9. The third kappa shape index (κ3) is 6.56. The van der Waals surface area contributed by atoms with Gasteiger partial charge in [0, 0.05) is 29.7 Å². The highest BCUT2D eigenvalue weighted by atomic mass is 35.5. The van der Waals surface area contributed by atoms with Crippen LogP contribution in [0.2, 0.25) is 5.02 Å². The van der Waals surface area contributed by atoms with E-state index in [2.05, 4.69) is 10.3 Å². The average molecular weight is 467 g/mol. The van der Waals surface area contributed by atoms with Gasteiger partial charge in [-0.1, -0.05) is 11.6 Å². The molecule has 28 heavy (non-hydrogen) atoms. The number of oxazole rings is 1. The van der Waals surface area contributed by atoms with Gasteiger partial charge in [0.15, 0.2) is 5.76 Å². The van der Waals surface area contributed by atoms with Crippen molar-refractivity contribution in [2.24, 2.45) is 0 Å². The van der Waals surface area contributed by atoms with E-state index in [4.69, 9.17) is 16.0 Å². The number of carbonyl (C=O) groups excluding carboxylic acids is 1. The molecule has 3 rings (SSSR count). The van der Waals surface area contributed by atoms with Crippen molar-refractivity contribution >= 4 is 54.1 Å². The van der Waals surface area contributed by atoms with E-state index in [9.17, 15) is 4.79 Å². The number of nitrogens with zero attached hydrogens (tertiary/aromatic N) is 2. The van der Waals surface area contributed by atoms with Gasteiger partial charge in [0.25, 0.3) is 0 Å². The molecule has 1 saturated heterocycles. The van der Waals surface area contributed by atoms with Gasteiger partial charge in [-0.15, -0.1) is 36.6 Å². The summed E-state index contributed by atoms with van der Waals surface area (Å²) in [5, 5.41) is 3.87. The second-order valence-electron chi connectivity index (χ2n) is 6.47. The van der Waals surface area contributed by atoms with Crippen LogP contribution in [0.15, 0.2) is 34.9 Å². The number of thioether (sulfide) groups is 1. The molecule has 156 valence electrons. The van der Waals surface area contributed by atoms with Gasteiger partial charge in [0.2, 0.25) is 11.8 Å². The normalized spacial score (nSPS) is 15.5.